The van der Waals surface area contributed by atoms with Gasteiger partial charge in [-0.2, -0.15) is 0 Å². The summed E-state index contributed by atoms with van der Waals surface area (Å²) in [6.45, 7) is 6.35. The zero-order valence-electron chi connectivity index (χ0n) is 21.2. The van der Waals surface area contributed by atoms with Crippen LogP contribution in [0.25, 0.3) is 0 Å². The molecule has 0 saturated carbocycles. The highest BCUT2D eigenvalue weighted by Gasteiger charge is 2.31. The third kappa shape index (κ3) is 7.94. The summed E-state index contributed by atoms with van der Waals surface area (Å²) >= 11 is 0. The fourth-order valence-electron chi connectivity index (χ4n) is 3.36. The first-order chi connectivity index (χ1) is 16.6. The molecule has 0 radical (unpaired) electrons. The minimum Gasteiger partial charge on any atom is -0.497 e. The van der Waals surface area contributed by atoms with Crippen LogP contribution in [0.15, 0.2) is 48.5 Å². The molecule has 1 atom stereocenters. The van der Waals surface area contributed by atoms with E-state index in [1.165, 1.54) is 30.2 Å². The Morgan fingerprint density at radius 2 is 1.75 bits per heavy atom. The summed E-state index contributed by atoms with van der Waals surface area (Å²) in [6, 6.07) is 11.0. The van der Waals surface area contributed by atoms with Crippen molar-refractivity contribution in [1.82, 2.24) is 10.2 Å². The summed E-state index contributed by atoms with van der Waals surface area (Å²) in [5.74, 6) is -0.450. The standard InChI is InChI=1S/C24H32N4O7S/c1-17(23(30)25-24(2,3)4)26(15-18-10-12-21(35-5)13-11-18)22(29)16-27(36(6,33)34)19-8-7-9-20(14-19)28(31)32/h7-14,17H,15-16H2,1-6H3,(H,25,30)/t17-/m0/s1. The van der Waals surface area contributed by atoms with Crippen molar-refractivity contribution in [3.8, 4) is 5.75 Å². The Balaban J connectivity index is 2.44. The first-order valence-electron chi connectivity index (χ1n) is 11.1. The van der Waals surface area contributed by atoms with Gasteiger partial charge in [-0.3, -0.25) is 24.0 Å². The molecule has 2 amide bonds. The predicted octanol–water partition coefficient (Wildman–Crippen LogP) is 2.70. The number of hydrogen-bond acceptors (Lipinski definition) is 7. The van der Waals surface area contributed by atoms with Gasteiger partial charge < -0.3 is 15.0 Å². The second kappa shape index (κ2) is 11.4. The van der Waals surface area contributed by atoms with Crippen LogP contribution in [0.5, 0.6) is 5.75 Å². The van der Waals surface area contributed by atoms with E-state index < -0.39 is 44.9 Å². The number of non-ortho nitro benzene ring substituents is 1. The summed E-state index contributed by atoms with van der Waals surface area (Å²) in [4.78, 5) is 38.3. The number of nitro benzene ring substituents is 1. The fraction of sp³-hybridized carbons (Fsp3) is 0.417. The number of carbonyl (C=O) groups excluding carboxylic acids is 2. The maximum Gasteiger partial charge on any atom is 0.271 e. The lowest BCUT2D eigenvalue weighted by atomic mass is 10.1. The Hall–Kier alpha value is -3.67. The van der Waals surface area contributed by atoms with Gasteiger partial charge in [-0.15, -0.1) is 0 Å². The van der Waals surface area contributed by atoms with Gasteiger partial charge in [-0.1, -0.05) is 18.2 Å². The molecule has 196 valence electrons. The van der Waals surface area contributed by atoms with Crippen molar-refractivity contribution in [2.75, 3.05) is 24.2 Å². The Kier molecular flexibility index (Phi) is 9.03. The van der Waals surface area contributed by atoms with Crippen LogP contribution >= 0.6 is 0 Å². The quantitative estimate of drug-likeness (QED) is 0.375. The molecule has 0 aliphatic carbocycles. The lowest BCUT2D eigenvalue weighted by molar-refractivity contribution is -0.384. The van der Waals surface area contributed by atoms with Crippen molar-refractivity contribution in [1.29, 1.82) is 0 Å². The van der Waals surface area contributed by atoms with Crippen molar-refractivity contribution >= 4 is 33.2 Å². The Morgan fingerprint density at radius 1 is 1.14 bits per heavy atom. The average molecular weight is 521 g/mol. The lowest BCUT2D eigenvalue weighted by Crippen LogP contribution is -2.54. The molecule has 0 spiro atoms. The van der Waals surface area contributed by atoms with E-state index in [9.17, 15) is 28.1 Å². The molecular formula is C24H32N4O7S. The summed E-state index contributed by atoms with van der Waals surface area (Å²) in [5.41, 5.74) is -0.208. The first-order valence-corrected chi connectivity index (χ1v) is 12.9. The molecule has 36 heavy (non-hydrogen) atoms. The number of sulfonamides is 1. The van der Waals surface area contributed by atoms with Crippen LogP contribution in [0.1, 0.15) is 33.3 Å². The molecule has 0 unspecified atom stereocenters. The highest BCUT2D eigenvalue weighted by atomic mass is 32.2. The molecule has 12 heteroatoms. The first kappa shape index (κ1) is 28.6. The van der Waals surface area contributed by atoms with E-state index in [0.29, 0.717) is 11.3 Å². The molecule has 0 aliphatic heterocycles. The Labute approximate surface area is 211 Å². The molecule has 2 aromatic rings. The number of ether oxygens (including phenoxy) is 1. The largest absolute Gasteiger partial charge is 0.497 e. The average Bonchev–Trinajstić information content (AvgIpc) is 2.79. The van der Waals surface area contributed by atoms with Crippen molar-refractivity contribution in [3.63, 3.8) is 0 Å². The molecule has 2 rings (SSSR count). The van der Waals surface area contributed by atoms with E-state index in [2.05, 4.69) is 5.32 Å². The van der Waals surface area contributed by atoms with Crippen LogP contribution in [0.2, 0.25) is 0 Å². The van der Waals surface area contributed by atoms with Crippen molar-refractivity contribution in [2.24, 2.45) is 0 Å². The molecule has 1 N–H and O–H groups in total. The summed E-state index contributed by atoms with van der Waals surface area (Å²) < 4.78 is 31.1. The molecule has 0 aromatic heterocycles. The van der Waals surface area contributed by atoms with Gasteiger partial charge in [-0.25, -0.2) is 8.42 Å². The second-order valence-corrected chi connectivity index (χ2v) is 11.2. The molecule has 0 aliphatic rings. The number of nitrogens with one attached hydrogen (secondary N) is 1. The number of nitro groups is 1. The molecule has 0 fully saturated rings. The van der Waals surface area contributed by atoms with Crippen LogP contribution in [0.3, 0.4) is 0 Å². The van der Waals surface area contributed by atoms with Gasteiger partial charge in [0.1, 0.15) is 18.3 Å². The third-order valence-electron chi connectivity index (χ3n) is 5.19. The van der Waals surface area contributed by atoms with Gasteiger partial charge in [0, 0.05) is 24.2 Å². The van der Waals surface area contributed by atoms with E-state index in [4.69, 9.17) is 4.74 Å². The van der Waals surface area contributed by atoms with Crippen LogP contribution in [0.4, 0.5) is 11.4 Å². The van der Waals surface area contributed by atoms with Gasteiger partial charge in [0.2, 0.25) is 21.8 Å². The Bertz CT molecular complexity index is 1210. The predicted molar refractivity (Wildman–Crippen MR) is 136 cm³/mol. The van der Waals surface area contributed by atoms with E-state index >= 15 is 0 Å². The summed E-state index contributed by atoms with van der Waals surface area (Å²) in [7, 11) is -2.47. The van der Waals surface area contributed by atoms with E-state index in [0.717, 1.165) is 16.6 Å². The summed E-state index contributed by atoms with van der Waals surface area (Å²) in [6.07, 6.45) is 0.905. The zero-order valence-corrected chi connectivity index (χ0v) is 22.0. The monoisotopic (exact) mass is 520 g/mol. The van der Waals surface area contributed by atoms with Crippen LogP contribution in [-0.2, 0) is 26.2 Å². The SMILES string of the molecule is COc1ccc(CN(C(=O)CN(c2cccc([N+](=O)[O-])c2)S(C)(=O)=O)[C@@H](C)C(=O)NC(C)(C)C)cc1. The topological polar surface area (TPSA) is 139 Å². The number of rotatable bonds is 10. The van der Waals surface area contributed by atoms with Crippen molar-refractivity contribution in [2.45, 2.75) is 45.8 Å². The van der Waals surface area contributed by atoms with Gasteiger partial charge in [0.15, 0.2) is 0 Å². The van der Waals surface area contributed by atoms with Crippen LogP contribution in [0, 0.1) is 10.1 Å². The molecular weight excluding hydrogens is 488 g/mol. The number of methoxy groups -OCH3 is 1. The minimum absolute atomic E-state index is 0.0219. The molecule has 11 nitrogen and oxygen atoms in total. The van der Waals surface area contributed by atoms with Crippen molar-refractivity contribution < 1.29 is 27.7 Å². The smallest absolute Gasteiger partial charge is 0.271 e. The second-order valence-electron chi connectivity index (χ2n) is 9.33. The third-order valence-corrected chi connectivity index (χ3v) is 6.33. The highest BCUT2D eigenvalue weighted by molar-refractivity contribution is 7.92. The Morgan fingerprint density at radius 3 is 2.25 bits per heavy atom. The van der Waals surface area contributed by atoms with E-state index in [1.807, 2.05) is 0 Å². The van der Waals surface area contributed by atoms with Crippen LogP contribution in [-0.4, -0.2) is 61.5 Å². The van der Waals surface area contributed by atoms with Gasteiger partial charge >= 0.3 is 0 Å². The number of amides is 2. The number of hydrogen-bond donors (Lipinski definition) is 1. The maximum atomic E-state index is 13.5. The van der Waals surface area contributed by atoms with Crippen LogP contribution < -0.4 is 14.4 Å². The zero-order chi connectivity index (χ0) is 27.3. The minimum atomic E-state index is -4.00. The maximum absolute atomic E-state index is 13.5. The van der Waals surface area contributed by atoms with Crippen molar-refractivity contribution in [3.05, 3.63) is 64.2 Å². The van der Waals surface area contributed by atoms with E-state index in [1.54, 1.807) is 52.0 Å². The highest BCUT2D eigenvalue weighted by Crippen LogP contribution is 2.24. The molecule has 0 bridgehead atoms. The number of carbonyl (C=O) groups is 2. The number of benzene rings is 2. The fourth-order valence-corrected chi connectivity index (χ4v) is 4.20. The van der Waals surface area contributed by atoms with Gasteiger partial charge in [-0.05, 0) is 51.5 Å². The van der Waals surface area contributed by atoms with E-state index in [-0.39, 0.29) is 17.9 Å². The van der Waals surface area contributed by atoms with Gasteiger partial charge in [0.05, 0.1) is 24.0 Å². The number of anilines is 1. The molecule has 0 heterocycles. The van der Waals surface area contributed by atoms with Gasteiger partial charge in [0.25, 0.3) is 5.69 Å². The normalized spacial score (nSPS) is 12.4. The molecule has 2 aromatic carbocycles. The lowest BCUT2D eigenvalue weighted by Gasteiger charge is -2.33. The number of nitrogens with zero attached hydrogens (tertiary/aromatic N) is 3. The molecule has 0 saturated heterocycles. The summed E-state index contributed by atoms with van der Waals surface area (Å²) in [5, 5.41) is 14.0.